The van der Waals surface area contributed by atoms with Crippen molar-refractivity contribution in [1.29, 1.82) is 0 Å². The third kappa shape index (κ3) is 4.46. The third-order valence-corrected chi connectivity index (χ3v) is 6.74. The van der Waals surface area contributed by atoms with Gasteiger partial charge in [-0.15, -0.1) is 0 Å². The van der Waals surface area contributed by atoms with Crippen LogP contribution >= 0.6 is 11.8 Å². The number of para-hydroxylation sites is 1. The fourth-order valence-corrected chi connectivity index (χ4v) is 5.18. The summed E-state index contributed by atoms with van der Waals surface area (Å²) in [5, 5.41) is 0.807. The summed E-state index contributed by atoms with van der Waals surface area (Å²) < 4.78 is 5.33. The van der Waals surface area contributed by atoms with Gasteiger partial charge in [-0.05, 0) is 66.4 Å². The number of methoxy groups -OCH3 is 1. The van der Waals surface area contributed by atoms with Gasteiger partial charge in [0.05, 0.1) is 17.7 Å². The van der Waals surface area contributed by atoms with Gasteiger partial charge < -0.3 is 4.74 Å². The van der Waals surface area contributed by atoms with Gasteiger partial charge in [0.1, 0.15) is 5.75 Å². The Hall–Kier alpha value is -2.53. The standard InChI is InChI=1S/C25H28N2O2S/c1-3-19-11-7-8-15-22(19)26-25-27(20-12-5-4-6-13-20)24(28)23(30-25)17-18-10-9-14-21(16-18)29-2/h7-11,14-17,20H,3-6,12-13H2,1-2H3/b23-17+,26-25?. The quantitative estimate of drug-likeness (QED) is 0.541. The van der Waals surface area contributed by atoms with Crippen LogP contribution in [0, 0.1) is 0 Å². The van der Waals surface area contributed by atoms with Gasteiger partial charge in [0.25, 0.3) is 5.91 Å². The molecule has 1 saturated heterocycles. The molecule has 0 bridgehead atoms. The highest BCUT2D eigenvalue weighted by Crippen LogP contribution is 2.39. The highest BCUT2D eigenvalue weighted by Gasteiger charge is 2.38. The highest BCUT2D eigenvalue weighted by atomic mass is 32.2. The van der Waals surface area contributed by atoms with Crippen molar-refractivity contribution in [3.63, 3.8) is 0 Å². The molecule has 1 aliphatic heterocycles. The lowest BCUT2D eigenvalue weighted by atomic mass is 9.94. The minimum atomic E-state index is 0.0717. The molecule has 1 aliphatic carbocycles. The molecule has 2 aliphatic rings. The second-order valence-electron chi connectivity index (χ2n) is 7.73. The van der Waals surface area contributed by atoms with Crippen molar-refractivity contribution in [1.82, 2.24) is 4.90 Å². The van der Waals surface area contributed by atoms with Crippen LogP contribution in [0.1, 0.15) is 50.2 Å². The average molecular weight is 421 g/mol. The molecular weight excluding hydrogens is 392 g/mol. The molecule has 1 saturated carbocycles. The number of nitrogens with zero attached hydrogens (tertiary/aromatic N) is 2. The average Bonchev–Trinajstić information content (AvgIpc) is 3.09. The van der Waals surface area contributed by atoms with Crippen molar-refractivity contribution in [2.45, 2.75) is 51.5 Å². The fourth-order valence-electron chi connectivity index (χ4n) is 4.13. The molecule has 156 valence electrons. The van der Waals surface area contributed by atoms with Gasteiger partial charge >= 0.3 is 0 Å². The molecule has 4 rings (SSSR count). The van der Waals surface area contributed by atoms with E-state index in [1.54, 1.807) is 7.11 Å². The summed E-state index contributed by atoms with van der Waals surface area (Å²) in [6.07, 6.45) is 8.57. The molecule has 2 aromatic rings. The van der Waals surface area contributed by atoms with E-state index in [9.17, 15) is 4.79 Å². The van der Waals surface area contributed by atoms with Crippen LogP contribution < -0.4 is 4.74 Å². The highest BCUT2D eigenvalue weighted by molar-refractivity contribution is 8.18. The molecule has 0 unspecified atom stereocenters. The summed E-state index contributed by atoms with van der Waals surface area (Å²) >= 11 is 1.49. The maximum Gasteiger partial charge on any atom is 0.267 e. The lowest BCUT2D eigenvalue weighted by Gasteiger charge is -2.30. The van der Waals surface area contributed by atoms with E-state index >= 15 is 0 Å². The number of amides is 1. The molecule has 4 nitrogen and oxygen atoms in total. The van der Waals surface area contributed by atoms with Crippen molar-refractivity contribution >= 4 is 34.6 Å². The summed E-state index contributed by atoms with van der Waals surface area (Å²) in [6, 6.07) is 16.2. The SMILES string of the molecule is CCc1ccccc1N=C1S/C(=C/c2cccc(OC)c2)C(=O)N1C1CCCCC1. The Labute approximate surface area is 183 Å². The van der Waals surface area contributed by atoms with Crippen LogP contribution in [0.3, 0.4) is 0 Å². The molecule has 30 heavy (non-hydrogen) atoms. The van der Waals surface area contributed by atoms with E-state index in [1.807, 2.05) is 53.4 Å². The molecule has 0 aromatic heterocycles. The molecule has 0 radical (unpaired) electrons. The van der Waals surface area contributed by atoms with Crippen molar-refractivity contribution < 1.29 is 9.53 Å². The van der Waals surface area contributed by atoms with E-state index in [1.165, 1.54) is 36.6 Å². The first-order chi connectivity index (χ1) is 14.7. The van der Waals surface area contributed by atoms with Crippen LogP contribution in [-0.2, 0) is 11.2 Å². The van der Waals surface area contributed by atoms with E-state index < -0.39 is 0 Å². The molecule has 0 spiro atoms. The van der Waals surface area contributed by atoms with Crippen LogP contribution in [0.2, 0.25) is 0 Å². The number of carbonyl (C=O) groups excluding carboxylic acids is 1. The number of rotatable bonds is 5. The Kier molecular flexibility index (Phi) is 6.58. The first-order valence-electron chi connectivity index (χ1n) is 10.7. The lowest BCUT2D eigenvalue weighted by molar-refractivity contribution is -0.124. The number of aliphatic imine (C=N–C) groups is 1. The molecule has 1 heterocycles. The zero-order valence-electron chi connectivity index (χ0n) is 17.6. The Morgan fingerprint density at radius 3 is 2.70 bits per heavy atom. The monoisotopic (exact) mass is 420 g/mol. The Morgan fingerprint density at radius 1 is 1.13 bits per heavy atom. The Morgan fingerprint density at radius 2 is 1.93 bits per heavy atom. The zero-order chi connectivity index (χ0) is 20.9. The van der Waals surface area contributed by atoms with Gasteiger partial charge in [0.2, 0.25) is 0 Å². The second kappa shape index (κ2) is 9.52. The summed E-state index contributed by atoms with van der Waals surface area (Å²) in [5.74, 6) is 0.858. The number of hydrogen-bond acceptors (Lipinski definition) is 4. The molecular formula is C25H28N2O2S. The van der Waals surface area contributed by atoms with Crippen LogP contribution in [-0.4, -0.2) is 29.1 Å². The van der Waals surface area contributed by atoms with E-state index in [2.05, 4.69) is 13.0 Å². The van der Waals surface area contributed by atoms with Gasteiger partial charge in [0.15, 0.2) is 5.17 Å². The summed E-state index contributed by atoms with van der Waals surface area (Å²) in [4.78, 5) is 21.1. The van der Waals surface area contributed by atoms with Crippen molar-refractivity contribution in [2.75, 3.05) is 7.11 Å². The number of aryl methyl sites for hydroxylation is 1. The van der Waals surface area contributed by atoms with Crippen LogP contribution in [0.15, 0.2) is 58.4 Å². The lowest BCUT2D eigenvalue weighted by Crippen LogP contribution is -2.40. The molecule has 2 aromatic carbocycles. The Bertz CT molecular complexity index is 977. The maximum absolute atomic E-state index is 13.4. The molecule has 0 N–H and O–H groups in total. The van der Waals surface area contributed by atoms with E-state index in [4.69, 9.17) is 9.73 Å². The summed E-state index contributed by atoms with van der Waals surface area (Å²) in [7, 11) is 1.66. The fraction of sp³-hybridized carbons (Fsp3) is 0.360. The van der Waals surface area contributed by atoms with Crippen molar-refractivity contribution in [3.8, 4) is 5.75 Å². The summed E-state index contributed by atoms with van der Waals surface area (Å²) in [6.45, 7) is 2.14. The normalized spacial score (nSPS) is 20.3. The van der Waals surface area contributed by atoms with Crippen molar-refractivity contribution in [2.24, 2.45) is 4.99 Å². The van der Waals surface area contributed by atoms with Gasteiger partial charge in [-0.2, -0.15) is 0 Å². The largest absolute Gasteiger partial charge is 0.497 e. The maximum atomic E-state index is 13.4. The van der Waals surface area contributed by atoms with Crippen LogP contribution in [0.25, 0.3) is 6.08 Å². The topological polar surface area (TPSA) is 41.9 Å². The van der Waals surface area contributed by atoms with Crippen LogP contribution in [0.4, 0.5) is 5.69 Å². The molecule has 0 atom stereocenters. The first kappa shape index (κ1) is 20.7. The van der Waals surface area contributed by atoms with Gasteiger partial charge in [-0.3, -0.25) is 9.69 Å². The molecule has 2 fully saturated rings. The smallest absolute Gasteiger partial charge is 0.267 e. The minimum absolute atomic E-state index is 0.0717. The second-order valence-corrected chi connectivity index (χ2v) is 8.74. The number of amidine groups is 1. The minimum Gasteiger partial charge on any atom is -0.497 e. The third-order valence-electron chi connectivity index (χ3n) is 5.76. The van der Waals surface area contributed by atoms with Gasteiger partial charge in [-0.1, -0.05) is 56.5 Å². The number of ether oxygens (including phenoxy) is 1. The number of benzene rings is 2. The summed E-state index contributed by atoms with van der Waals surface area (Å²) in [5.41, 5.74) is 3.12. The predicted molar refractivity (Wildman–Crippen MR) is 125 cm³/mol. The number of carbonyl (C=O) groups is 1. The first-order valence-corrected chi connectivity index (χ1v) is 11.5. The zero-order valence-corrected chi connectivity index (χ0v) is 18.5. The van der Waals surface area contributed by atoms with Crippen molar-refractivity contribution in [3.05, 3.63) is 64.6 Å². The van der Waals surface area contributed by atoms with E-state index in [-0.39, 0.29) is 11.9 Å². The van der Waals surface area contributed by atoms with Gasteiger partial charge in [0, 0.05) is 6.04 Å². The molecule has 1 amide bonds. The van der Waals surface area contributed by atoms with E-state index in [0.29, 0.717) is 0 Å². The number of thioether (sulfide) groups is 1. The number of hydrogen-bond donors (Lipinski definition) is 0. The van der Waals surface area contributed by atoms with E-state index in [0.717, 1.165) is 46.3 Å². The predicted octanol–water partition coefficient (Wildman–Crippen LogP) is 6.19. The Balaban J connectivity index is 1.72. The van der Waals surface area contributed by atoms with Gasteiger partial charge in [-0.25, -0.2) is 4.99 Å². The van der Waals surface area contributed by atoms with Crippen LogP contribution in [0.5, 0.6) is 5.75 Å². The molecule has 5 heteroatoms.